The summed E-state index contributed by atoms with van der Waals surface area (Å²) < 4.78 is 61.7. The van der Waals surface area contributed by atoms with Gasteiger partial charge in [0.2, 0.25) is 6.23 Å². The first kappa shape index (κ1) is 21.3. The number of halogens is 1. The number of hydrogen-bond acceptors (Lipinski definition) is 9. The number of rotatable bonds is 8. The summed E-state index contributed by atoms with van der Waals surface area (Å²) in [7, 11) is -12.0. The Labute approximate surface area is 147 Å². The molecular formula is C9H14FN3O10P3+3. The highest BCUT2D eigenvalue weighted by Gasteiger charge is 2.45. The van der Waals surface area contributed by atoms with Gasteiger partial charge in [-0.1, -0.05) is 0 Å². The summed E-state index contributed by atoms with van der Waals surface area (Å²) in [4.78, 5) is 33.1. The molecule has 26 heavy (non-hydrogen) atoms. The number of hydrogen-bond donors (Lipinski definition) is 3. The molecule has 1 fully saturated rings. The molecule has 4 unspecified atom stereocenters. The number of quaternary nitrogens is 1. The van der Waals surface area contributed by atoms with E-state index >= 15 is 0 Å². The summed E-state index contributed by atoms with van der Waals surface area (Å²) >= 11 is 0. The smallest absolute Gasteiger partial charge is 0.704 e. The van der Waals surface area contributed by atoms with Crippen LogP contribution in [-0.2, 0) is 27.0 Å². The summed E-state index contributed by atoms with van der Waals surface area (Å²) in [6.45, 7) is -0.357. The summed E-state index contributed by atoms with van der Waals surface area (Å²) in [5.41, 5.74) is 0. The molecule has 0 saturated carbocycles. The first-order valence-corrected chi connectivity index (χ1v) is 10.6. The minimum atomic E-state index is -5.09. The van der Waals surface area contributed by atoms with Crippen LogP contribution in [0.25, 0.3) is 0 Å². The van der Waals surface area contributed by atoms with Crippen LogP contribution in [0.5, 0.6) is 0 Å². The Morgan fingerprint density at radius 3 is 2.85 bits per heavy atom. The van der Waals surface area contributed by atoms with Crippen molar-refractivity contribution >= 4 is 36.2 Å². The molecule has 13 nitrogen and oxygen atoms in total. The van der Waals surface area contributed by atoms with Crippen molar-refractivity contribution in [2.24, 2.45) is 0 Å². The lowest BCUT2D eigenvalue weighted by molar-refractivity contribution is -0.819. The molecular weight excluding hydrogens is 422 g/mol. The Bertz CT molecular complexity index is 717. The van der Waals surface area contributed by atoms with Gasteiger partial charge in [0.05, 0.1) is 6.10 Å². The lowest BCUT2D eigenvalue weighted by atomic mass is 10.2. The van der Waals surface area contributed by atoms with Crippen LogP contribution in [0.4, 0.5) is 9.18 Å². The molecule has 0 spiro atoms. The number of urea groups is 1. The van der Waals surface area contributed by atoms with Crippen molar-refractivity contribution in [3.05, 3.63) is 12.0 Å². The Balaban J connectivity index is 1.82. The highest BCUT2D eigenvalue weighted by atomic mass is 31.3. The van der Waals surface area contributed by atoms with Crippen LogP contribution in [0, 0.1) is 0 Å². The van der Waals surface area contributed by atoms with Gasteiger partial charge in [0.15, 0.2) is 6.20 Å². The molecule has 0 aromatic carbocycles. The summed E-state index contributed by atoms with van der Waals surface area (Å²) in [6.07, 6.45) is 0.209. The normalized spacial score (nSPS) is 29.7. The second-order valence-corrected chi connectivity index (χ2v) is 8.41. The third-order valence-electron chi connectivity index (χ3n) is 3.21. The van der Waals surface area contributed by atoms with Gasteiger partial charge in [0.1, 0.15) is 6.61 Å². The van der Waals surface area contributed by atoms with Gasteiger partial charge in [0.25, 0.3) is 5.83 Å². The van der Waals surface area contributed by atoms with Gasteiger partial charge in [-0.2, -0.15) is 19.4 Å². The Hall–Kier alpha value is -1.04. The van der Waals surface area contributed by atoms with E-state index in [4.69, 9.17) is 14.7 Å². The van der Waals surface area contributed by atoms with E-state index < -0.39 is 54.4 Å². The number of carbonyl (C=O) groups excluding carboxylic acids is 1. The molecule has 0 aliphatic carbocycles. The van der Waals surface area contributed by atoms with E-state index in [1.165, 1.54) is 0 Å². The van der Waals surface area contributed by atoms with Crippen LogP contribution >= 0.6 is 24.3 Å². The first-order valence-electron chi connectivity index (χ1n) is 6.88. The zero-order valence-corrected chi connectivity index (χ0v) is 15.5. The predicted octanol–water partition coefficient (Wildman–Crippen LogP) is -2.80. The number of carbonyl (C=O) groups is 1. The minimum absolute atomic E-state index is 0.0207. The van der Waals surface area contributed by atoms with Crippen LogP contribution in [0.1, 0.15) is 12.8 Å². The van der Waals surface area contributed by atoms with Crippen LogP contribution in [0.15, 0.2) is 12.0 Å². The number of nitrogens with one attached hydrogen (secondary N) is 2. The van der Waals surface area contributed by atoms with Crippen LogP contribution in [0.2, 0.25) is 0 Å². The fraction of sp³-hybridized carbons (Fsp3) is 0.556. The average Bonchev–Trinajstić information content (AvgIpc) is 2.95. The number of amides is 2. The molecule has 2 amide bonds. The molecule has 0 radical (unpaired) electrons. The Morgan fingerprint density at radius 2 is 2.19 bits per heavy atom. The van der Waals surface area contributed by atoms with E-state index in [-0.39, 0.29) is 11.5 Å². The second kappa shape index (κ2) is 8.77. The van der Waals surface area contributed by atoms with E-state index in [0.717, 1.165) is 6.20 Å². The SMILES string of the molecule is [NH2+]=C1NC(=O)[NH+]([C@H]2CC[C@@H](CO[P+](=O)OP([O-])(=[OH+])O[P+](=O)[O-])O2)C=C1F. The number of nitrogens with two attached hydrogens (primary N) is 1. The van der Waals surface area contributed by atoms with Crippen molar-refractivity contribution in [3.63, 3.8) is 0 Å². The zero-order valence-electron chi connectivity index (χ0n) is 12.8. The average molecular weight is 436 g/mol. The third-order valence-corrected chi connectivity index (χ3v) is 6.29. The fourth-order valence-electron chi connectivity index (χ4n) is 2.18. The van der Waals surface area contributed by atoms with Crippen LogP contribution < -0.4 is 25.4 Å². The largest absolute Gasteiger partial charge is 0.709 e. The summed E-state index contributed by atoms with van der Waals surface area (Å²) in [5, 5.41) is 7.38. The molecule has 2 rings (SSSR count). The van der Waals surface area contributed by atoms with Crippen LogP contribution in [-0.4, -0.2) is 35.4 Å². The zero-order chi connectivity index (χ0) is 19.5. The van der Waals surface area contributed by atoms with Crippen molar-refractivity contribution in [1.82, 2.24) is 5.32 Å². The van der Waals surface area contributed by atoms with E-state index in [2.05, 4.69) is 18.5 Å². The third kappa shape index (κ3) is 6.00. The van der Waals surface area contributed by atoms with Gasteiger partial charge in [0, 0.05) is 15.3 Å². The van der Waals surface area contributed by atoms with Gasteiger partial charge in [-0.25, -0.2) is 0 Å². The quantitative estimate of drug-likeness (QED) is 0.266. The van der Waals surface area contributed by atoms with Gasteiger partial charge in [-0.05, 0) is 15.3 Å². The molecule has 144 valence electrons. The van der Waals surface area contributed by atoms with E-state index in [1.807, 2.05) is 0 Å². The predicted molar refractivity (Wildman–Crippen MR) is 75.7 cm³/mol. The first-order chi connectivity index (χ1) is 12.1. The molecule has 0 aromatic heterocycles. The van der Waals surface area contributed by atoms with E-state index in [1.54, 1.807) is 0 Å². The van der Waals surface area contributed by atoms with E-state index in [9.17, 15) is 28.1 Å². The minimum Gasteiger partial charge on any atom is -0.704 e. The van der Waals surface area contributed by atoms with Crippen LogP contribution in [0.3, 0.4) is 0 Å². The maximum Gasteiger partial charge on any atom is 0.709 e. The number of ether oxygens (including phenoxy) is 1. The molecule has 0 bridgehead atoms. The lowest BCUT2D eigenvalue weighted by Crippen LogP contribution is -3.17. The monoisotopic (exact) mass is 436 g/mol. The summed E-state index contributed by atoms with van der Waals surface area (Å²) in [6, 6.07) is -0.616. The van der Waals surface area contributed by atoms with Gasteiger partial charge >= 0.3 is 36.2 Å². The standard InChI is InChI=1S/C9H11FN3O10P3/c10-6-3-13(9(14)12-8(6)11)7-2-1-5(21-7)4-20-25(17)23-26(18,19)22-24(15)16/h3,5,7H,1-2,4H2,(H2-,11,12,14,18,19)/p+3/t5-,7+/m0/s1. The number of amidine groups is 1. The molecule has 1 saturated heterocycles. The molecule has 0 aromatic rings. The topological polar surface area (TPSA) is 198 Å². The molecule has 2 aliphatic heterocycles. The van der Waals surface area contributed by atoms with Gasteiger partial charge < -0.3 is 14.5 Å². The molecule has 17 heteroatoms. The van der Waals surface area contributed by atoms with Gasteiger partial charge in [-0.15, -0.1) is 4.52 Å². The highest BCUT2D eigenvalue weighted by Crippen LogP contribution is 2.52. The van der Waals surface area contributed by atoms with E-state index in [0.29, 0.717) is 12.8 Å². The van der Waals surface area contributed by atoms with Gasteiger partial charge in [-0.3, -0.25) is 9.97 Å². The molecule has 2 aliphatic rings. The fourth-order valence-corrected chi connectivity index (χ4v) is 4.39. The maximum atomic E-state index is 13.5. The molecule has 5 N–H and O–H groups in total. The summed E-state index contributed by atoms with van der Waals surface area (Å²) in [5.74, 6) is -1.21. The lowest BCUT2D eigenvalue weighted by Gasteiger charge is -2.19. The van der Waals surface area contributed by atoms with Crippen molar-refractivity contribution in [3.8, 4) is 0 Å². The maximum absolute atomic E-state index is 13.5. The van der Waals surface area contributed by atoms with Crippen molar-refractivity contribution in [2.45, 2.75) is 25.2 Å². The Morgan fingerprint density at radius 1 is 1.50 bits per heavy atom. The second-order valence-electron chi connectivity index (χ2n) is 5.01. The molecule has 6 atom stereocenters. The van der Waals surface area contributed by atoms with Crippen molar-refractivity contribution in [2.75, 3.05) is 6.61 Å². The van der Waals surface area contributed by atoms with Crippen molar-refractivity contribution in [1.29, 1.82) is 0 Å². The molecule has 2 heterocycles. The van der Waals surface area contributed by atoms with Crippen molar-refractivity contribution < 1.29 is 60.9 Å². The highest BCUT2D eigenvalue weighted by molar-refractivity contribution is 7.59. The Kier molecular flexibility index (Phi) is 7.17.